The lowest BCUT2D eigenvalue weighted by Gasteiger charge is -2.20. The van der Waals surface area contributed by atoms with Gasteiger partial charge in [0.05, 0.1) is 6.10 Å². The smallest absolute Gasteiger partial charge is 0.120 e. The molecule has 5 unspecified atom stereocenters. The Morgan fingerprint density at radius 1 is 1.30 bits per heavy atom. The fourth-order valence-electron chi connectivity index (χ4n) is 3.48. The molecule has 1 aromatic carbocycles. The van der Waals surface area contributed by atoms with Gasteiger partial charge in [0.25, 0.3) is 0 Å². The molecular formula is C22H30Cl2O3. The normalized spacial score (nSPS) is 26.9. The number of hydrogen-bond donors (Lipinski definition) is 2. The maximum atomic E-state index is 10.3. The first-order valence-electron chi connectivity index (χ1n) is 9.73. The molecule has 0 heterocycles. The summed E-state index contributed by atoms with van der Waals surface area (Å²) in [5.41, 5.74) is 0. The Bertz CT molecular complexity index is 617. The van der Waals surface area contributed by atoms with E-state index in [1.165, 1.54) is 0 Å². The molecule has 0 spiro atoms. The number of alkyl halides is 1. The molecule has 5 atom stereocenters. The number of unbranched alkanes of at least 4 members (excludes halogenated alkanes) is 1. The van der Waals surface area contributed by atoms with Crippen LogP contribution in [0.25, 0.3) is 0 Å². The summed E-state index contributed by atoms with van der Waals surface area (Å²) in [6.45, 7) is 2.30. The molecule has 3 nitrogen and oxygen atoms in total. The third-order valence-corrected chi connectivity index (χ3v) is 5.64. The molecule has 0 bridgehead atoms. The lowest BCUT2D eigenvalue weighted by Crippen LogP contribution is -2.20. The Labute approximate surface area is 172 Å². The van der Waals surface area contributed by atoms with Gasteiger partial charge in [0.15, 0.2) is 0 Å². The molecule has 0 radical (unpaired) electrons. The molecule has 1 saturated carbocycles. The van der Waals surface area contributed by atoms with Gasteiger partial charge in [-0.3, -0.25) is 0 Å². The van der Waals surface area contributed by atoms with Gasteiger partial charge in [-0.2, -0.15) is 0 Å². The highest BCUT2D eigenvalue weighted by Gasteiger charge is 2.39. The molecule has 5 heteroatoms. The Hall–Kier alpha value is -1.00. The number of hydrogen-bond acceptors (Lipinski definition) is 3. The molecule has 0 saturated heterocycles. The minimum atomic E-state index is -0.740. The second kappa shape index (κ2) is 11.8. The van der Waals surface area contributed by atoms with Gasteiger partial charge < -0.3 is 14.9 Å². The van der Waals surface area contributed by atoms with Gasteiger partial charge in [0.2, 0.25) is 0 Å². The van der Waals surface area contributed by atoms with Crippen molar-refractivity contribution in [3.8, 4) is 5.75 Å². The fraction of sp³-hybridized carbons (Fsp3) is 0.545. The van der Waals surface area contributed by atoms with Crippen molar-refractivity contribution in [3.63, 3.8) is 0 Å². The Kier molecular flexibility index (Phi) is 9.70. The van der Waals surface area contributed by atoms with Gasteiger partial charge in [0.1, 0.15) is 18.5 Å². The molecule has 1 aliphatic carbocycles. The maximum Gasteiger partial charge on any atom is 0.120 e. The topological polar surface area (TPSA) is 49.7 Å². The van der Waals surface area contributed by atoms with E-state index >= 15 is 0 Å². The van der Waals surface area contributed by atoms with E-state index in [-0.39, 0.29) is 29.9 Å². The van der Waals surface area contributed by atoms with E-state index in [9.17, 15) is 10.2 Å². The van der Waals surface area contributed by atoms with Crippen LogP contribution in [-0.4, -0.2) is 34.4 Å². The van der Waals surface area contributed by atoms with E-state index in [0.29, 0.717) is 17.2 Å². The number of halogens is 2. The molecule has 2 N–H and O–H groups in total. The van der Waals surface area contributed by atoms with Crippen LogP contribution in [0.1, 0.15) is 39.0 Å². The summed E-state index contributed by atoms with van der Waals surface area (Å²) in [5, 5.41) is 21.0. The Morgan fingerprint density at radius 2 is 2.07 bits per heavy atom. The van der Waals surface area contributed by atoms with Crippen LogP contribution in [-0.2, 0) is 0 Å². The highest BCUT2D eigenvalue weighted by Crippen LogP contribution is 2.39. The summed E-state index contributed by atoms with van der Waals surface area (Å²) in [7, 11) is 0. The average molecular weight is 413 g/mol. The highest BCUT2D eigenvalue weighted by atomic mass is 35.5. The zero-order valence-corrected chi connectivity index (χ0v) is 17.3. The van der Waals surface area contributed by atoms with Crippen molar-refractivity contribution < 1.29 is 14.9 Å². The van der Waals surface area contributed by atoms with Crippen LogP contribution in [0.4, 0.5) is 0 Å². The molecular weight excluding hydrogens is 383 g/mol. The monoisotopic (exact) mass is 412 g/mol. The molecule has 27 heavy (non-hydrogen) atoms. The summed E-state index contributed by atoms with van der Waals surface area (Å²) in [4.78, 5) is 0. The van der Waals surface area contributed by atoms with E-state index in [4.69, 9.17) is 27.9 Å². The van der Waals surface area contributed by atoms with Crippen LogP contribution in [0.3, 0.4) is 0 Å². The van der Waals surface area contributed by atoms with Crippen LogP contribution < -0.4 is 4.74 Å². The minimum Gasteiger partial charge on any atom is -0.491 e. The fourth-order valence-corrected chi connectivity index (χ4v) is 4.11. The lowest BCUT2D eigenvalue weighted by atomic mass is 9.89. The van der Waals surface area contributed by atoms with E-state index in [2.05, 4.69) is 19.1 Å². The molecule has 1 aliphatic rings. The summed E-state index contributed by atoms with van der Waals surface area (Å²) < 4.78 is 5.56. The molecule has 1 fully saturated rings. The molecule has 0 amide bonds. The van der Waals surface area contributed by atoms with Crippen LogP contribution in [0.5, 0.6) is 5.75 Å². The van der Waals surface area contributed by atoms with Gasteiger partial charge >= 0.3 is 0 Å². The summed E-state index contributed by atoms with van der Waals surface area (Å²) >= 11 is 12.4. The Morgan fingerprint density at radius 3 is 2.81 bits per heavy atom. The van der Waals surface area contributed by atoms with Crippen molar-refractivity contribution in [1.82, 2.24) is 0 Å². The SMILES string of the molecule is CCC/C=C/CCC1C(O)CC(Cl)C1/C=C/C(O)COc1cccc(Cl)c1. The van der Waals surface area contributed by atoms with Crippen molar-refractivity contribution in [2.45, 2.75) is 56.6 Å². The molecule has 2 rings (SSSR count). The van der Waals surface area contributed by atoms with Crippen LogP contribution >= 0.6 is 23.2 Å². The third-order valence-electron chi connectivity index (χ3n) is 4.93. The van der Waals surface area contributed by atoms with Gasteiger partial charge in [-0.05, 0) is 55.7 Å². The number of benzene rings is 1. The van der Waals surface area contributed by atoms with Crippen LogP contribution in [0, 0.1) is 11.8 Å². The predicted molar refractivity (Wildman–Crippen MR) is 113 cm³/mol. The molecule has 0 aliphatic heterocycles. The van der Waals surface area contributed by atoms with Crippen molar-refractivity contribution in [3.05, 3.63) is 53.6 Å². The van der Waals surface area contributed by atoms with E-state index in [1.807, 2.05) is 6.08 Å². The van der Waals surface area contributed by atoms with Crippen molar-refractivity contribution >= 4 is 23.2 Å². The van der Waals surface area contributed by atoms with Crippen molar-refractivity contribution in [2.24, 2.45) is 11.8 Å². The molecule has 1 aromatic rings. The van der Waals surface area contributed by atoms with Gasteiger partial charge in [-0.1, -0.05) is 55.3 Å². The molecule has 0 aromatic heterocycles. The van der Waals surface area contributed by atoms with Crippen molar-refractivity contribution in [1.29, 1.82) is 0 Å². The quantitative estimate of drug-likeness (QED) is 0.400. The van der Waals surface area contributed by atoms with Crippen LogP contribution in [0.15, 0.2) is 48.6 Å². The first-order valence-corrected chi connectivity index (χ1v) is 10.5. The summed E-state index contributed by atoms with van der Waals surface area (Å²) in [6, 6.07) is 7.08. The third kappa shape index (κ3) is 7.50. The first-order chi connectivity index (χ1) is 13.0. The number of allylic oxidation sites excluding steroid dienone is 3. The Balaban J connectivity index is 1.85. The highest BCUT2D eigenvalue weighted by molar-refractivity contribution is 6.30. The minimum absolute atomic E-state index is 0.0575. The van der Waals surface area contributed by atoms with Gasteiger partial charge in [0, 0.05) is 10.4 Å². The second-order valence-corrected chi connectivity index (χ2v) is 8.12. The van der Waals surface area contributed by atoms with Crippen LogP contribution in [0.2, 0.25) is 5.02 Å². The number of rotatable bonds is 10. The lowest BCUT2D eigenvalue weighted by molar-refractivity contribution is 0.118. The van der Waals surface area contributed by atoms with Gasteiger partial charge in [-0.25, -0.2) is 0 Å². The summed E-state index contributed by atoms with van der Waals surface area (Å²) in [5.74, 6) is 0.802. The average Bonchev–Trinajstić information content (AvgIpc) is 2.91. The largest absolute Gasteiger partial charge is 0.491 e. The summed E-state index contributed by atoms with van der Waals surface area (Å²) in [6.07, 6.45) is 11.6. The van der Waals surface area contributed by atoms with E-state index < -0.39 is 6.10 Å². The standard InChI is InChI=1S/C22H30Cl2O3/c1-2-3-4-5-6-10-20-19(21(24)14-22(20)26)12-11-17(25)15-27-18-9-7-8-16(23)13-18/h4-5,7-9,11-13,17,19-22,25-26H,2-3,6,10,14-15H2,1H3/b5-4+,12-11+. The van der Waals surface area contributed by atoms with E-state index in [0.717, 1.165) is 25.7 Å². The molecule has 150 valence electrons. The zero-order valence-electron chi connectivity index (χ0n) is 15.8. The number of aliphatic hydroxyl groups is 2. The number of aliphatic hydroxyl groups excluding tert-OH is 2. The van der Waals surface area contributed by atoms with Gasteiger partial charge in [-0.15, -0.1) is 11.6 Å². The first kappa shape index (κ1) is 22.3. The van der Waals surface area contributed by atoms with Crippen molar-refractivity contribution in [2.75, 3.05) is 6.61 Å². The van der Waals surface area contributed by atoms with E-state index in [1.54, 1.807) is 30.3 Å². The number of ether oxygens (including phenoxy) is 1. The zero-order chi connectivity index (χ0) is 19.6. The maximum absolute atomic E-state index is 10.3. The predicted octanol–water partition coefficient (Wildman–Crippen LogP) is 5.38. The second-order valence-electron chi connectivity index (χ2n) is 7.12.